The van der Waals surface area contributed by atoms with Crippen LogP contribution < -0.4 is 10.8 Å². The average molecular weight is 396 g/mol. The van der Waals surface area contributed by atoms with Crippen LogP contribution in [0.2, 0.25) is 0 Å². The van der Waals surface area contributed by atoms with Crippen molar-refractivity contribution in [2.24, 2.45) is 5.73 Å². The van der Waals surface area contributed by atoms with Gasteiger partial charge in [0, 0.05) is 6.92 Å². The van der Waals surface area contributed by atoms with Crippen LogP contribution in [0.4, 0.5) is 0 Å². The fraction of sp³-hybridized carbons (Fsp3) is 0.643. The Hall–Kier alpha value is -1.78. The molecule has 0 heterocycles. The molecule has 0 saturated heterocycles. The number of carbonyl (C=O) groups excluding carboxylic acids is 3. The lowest BCUT2D eigenvalue weighted by atomic mass is 10.3. The molecule has 0 fully saturated rings. The van der Waals surface area contributed by atoms with Crippen molar-refractivity contribution in [1.29, 1.82) is 0 Å². The fourth-order valence-corrected chi connectivity index (χ4v) is 2.18. The minimum Gasteiger partial charge on any atom is -0.548 e. The number of rotatable bonds is 13. The fourth-order valence-electron chi connectivity index (χ4n) is 1.40. The van der Waals surface area contributed by atoms with Crippen molar-refractivity contribution in [3.05, 3.63) is 12.2 Å². The van der Waals surface area contributed by atoms with E-state index in [0.29, 0.717) is 0 Å². The zero-order valence-electron chi connectivity index (χ0n) is 14.5. The van der Waals surface area contributed by atoms with Crippen LogP contribution in [0, 0.1) is 0 Å². The summed E-state index contributed by atoms with van der Waals surface area (Å²) in [5.74, 6) is -2.99. The molecule has 0 bridgehead atoms. The lowest BCUT2D eigenvalue weighted by Gasteiger charge is -2.20. The van der Waals surface area contributed by atoms with Gasteiger partial charge in [0.25, 0.3) is 0 Å². The monoisotopic (exact) mass is 396 g/mol. The van der Waals surface area contributed by atoms with E-state index in [1.807, 2.05) is 6.92 Å². The maximum atomic E-state index is 11.6. The first-order chi connectivity index (χ1) is 12.1. The Labute approximate surface area is 150 Å². The maximum Gasteiger partial charge on any atom is 0.472 e. The van der Waals surface area contributed by atoms with Gasteiger partial charge >= 0.3 is 19.8 Å². The van der Waals surface area contributed by atoms with E-state index < -0.39 is 57.7 Å². The third-order valence-electron chi connectivity index (χ3n) is 2.59. The second-order valence-electron chi connectivity index (χ2n) is 4.98. The normalized spacial score (nSPS) is 15.8. The van der Waals surface area contributed by atoms with Crippen LogP contribution in [-0.4, -0.2) is 54.8 Å². The Balaban J connectivity index is 4.49. The number of ether oxygens (including phenoxy) is 2. The quantitative estimate of drug-likeness (QED) is 0.222. The summed E-state index contributed by atoms with van der Waals surface area (Å²) in [5.41, 5.74) is 5.07. The molecule has 26 heavy (non-hydrogen) atoms. The molecule has 3 atom stereocenters. The zero-order valence-corrected chi connectivity index (χ0v) is 15.4. The number of carbonyl (C=O) groups is 3. The average Bonchev–Trinajstić information content (AvgIpc) is 2.55. The van der Waals surface area contributed by atoms with E-state index in [2.05, 4.69) is 9.05 Å². The smallest absolute Gasteiger partial charge is 0.472 e. The van der Waals surface area contributed by atoms with Gasteiger partial charge in [0.05, 0.1) is 31.6 Å². The molecule has 0 aromatic heterocycles. The molecule has 0 radical (unpaired) electrons. The zero-order chi connectivity index (χ0) is 20.2. The number of aliphatic carboxylic acids is 1. The van der Waals surface area contributed by atoms with Gasteiger partial charge < -0.3 is 30.0 Å². The summed E-state index contributed by atoms with van der Waals surface area (Å²) in [5, 5.41) is 10.4. The molecule has 0 spiro atoms. The molecule has 3 N–H and O–H groups in total. The first-order valence-corrected chi connectivity index (χ1v) is 9.13. The van der Waals surface area contributed by atoms with E-state index in [0.717, 1.165) is 13.3 Å². The molecule has 0 rings (SSSR count). The Bertz CT molecular complexity index is 550. The predicted octanol–water partition coefficient (Wildman–Crippen LogP) is -0.972. The summed E-state index contributed by atoms with van der Waals surface area (Å²) in [4.78, 5) is 42.4. The molecule has 11 nitrogen and oxygen atoms in total. The highest BCUT2D eigenvalue weighted by Crippen LogP contribution is 2.43. The predicted molar refractivity (Wildman–Crippen MR) is 85.3 cm³/mol. The van der Waals surface area contributed by atoms with E-state index in [4.69, 9.17) is 15.2 Å². The molecule has 3 unspecified atom stereocenters. The summed E-state index contributed by atoms with van der Waals surface area (Å²) in [6.07, 6.45) is 2.99. The molecule has 0 aliphatic rings. The highest BCUT2D eigenvalue weighted by Gasteiger charge is 2.26. The van der Waals surface area contributed by atoms with Crippen LogP contribution in [0.1, 0.15) is 26.7 Å². The molecule has 150 valence electrons. The van der Waals surface area contributed by atoms with Crippen molar-refractivity contribution >= 4 is 25.7 Å². The highest BCUT2D eigenvalue weighted by atomic mass is 31.2. The Morgan fingerprint density at radius 3 is 2.35 bits per heavy atom. The van der Waals surface area contributed by atoms with Crippen molar-refractivity contribution in [2.45, 2.75) is 38.8 Å². The van der Waals surface area contributed by atoms with Crippen molar-refractivity contribution in [2.75, 3.05) is 19.8 Å². The highest BCUT2D eigenvalue weighted by molar-refractivity contribution is 7.47. The topological polar surface area (TPSA) is 175 Å². The number of esters is 2. The number of hydrogen-bond acceptors (Lipinski definition) is 10. The van der Waals surface area contributed by atoms with E-state index in [1.165, 1.54) is 0 Å². The second kappa shape index (κ2) is 12.6. The van der Waals surface area contributed by atoms with Crippen molar-refractivity contribution in [3.63, 3.8) is 0 Å². The summed E-state index contributed by atoms with van der Waals surface area (Å²) < 4.78 is 30.3. The number of phosphoric acid groups is 1. The van der Waals surface area contributed by atoms with Crippen LogP contribution >= 0.6 is 7.82 Å². The van der Waals surface area contributed by atoms with E-state index in [-0.39, 0.29) is 6.42 Å². The first-order valence-electron chi connectivity index (χ1n) is 7.63. The number of hydrogen-bond donors (Lipinski definition) is 2. The molecule has 0 saturated carbocycles. The second-order valence-corrected chi connectivity index (χ2v) is 6.44. The van der Waals surface area contributed by atoms with Crippen LogP contribution in [0.3, 0.4) is 0 Å². The van der Waals surface area contributed by atoms with Crippen molar-refractivity contribution in [1.82, 2.24) is 0 Å². The molecule has 0 aromatic rings. The number of carboxylic acids is 1. The van der Waals surface area contributed by atoms with Crippen LogP contribution in [0.15, 0.2) is 12.2 Å². The molecule has 12 heteroatoms. The number of allylic oxidation sites excluding steroid dienone is 1. The largest absolute Gasteiger partial charge is 0.548 e. The molecule has 0 aliphatic heterocycles. The van der Waals surface area contributed by atoms with Gasteiger partial charge in [-0.3, -0.25) is 18.6 Å². The Kier molecular flexibility index (Phi) is 11.7. The summed E-state index contributed by atoms with van der Waals surface area (Å²) >= 11 is 0. The molecule has 0 aliphatic carbocycles. The lowest BCUT2D eigenvalue weighted by Crippen LogP contribution is -2.44. The number of carboxylic acid groups (broad SMARTS) is 1. The number of phosphoric ester groups is 1. The van der Waals surface area contributed by atoms with Gasteiger partial charge in [-0.1, -0.05) is 19.1 Å². The van der Waals surface area contributed by atoms with Crippen LogP contribution in [-0.2, 0) is 37.5 Å². The van der Waals surface area contributed by atoms with Gasteiger partial charge in [0.2, 0.25) is 0 Å². The molecular weight excluding hydrogens is 373 g/mol. The molecule has 0 amide bonds. The van der Waals surface area contributed by atoms with E-state index >= 15 is 0 Å². The van der Waals surface area contributed by atoms with Gasteiger partial charge in [-0.05, 0) is 6.42 Å². The van der Waals surface area contributed by atoms with Gasteiger partial charge in [-0.2, -0.15) is 0 Å². The minimum absolute atomic E-state index is 0.0181. The van der Waals surface area contributed by atoms with Gasteiger partial charge in [0.1, 0.15) is 6.61 Å². The molecule has 0 aromatic carbocycles. The summed E-state index contributed by atoms with van der Waals surface area (Å²) in [7, 11) is -4.67. The van der Waals surface area contributed by atoms with Crippen LogP contribution in [0.25, 0.3) is 0 Å². The van der Waals surface area contributed by atoms with E-state index in [9.17, 15) is 28.9 Å². The summed E-state index contributed by atoms with van der Waals surface area (Å²) in [6, 6.07) is -1.62. The maximum absolute atomic E-state index is 11.6. The standard InChI is InChI=1S/C14H24NO10P/c1-3-4-5-6-13(17)22-7-11(25-10(2)16)8-23-26(20,21)24-9-12(15)14(18)19/h4-5,11-12H,3,6-9,15H2,1-2H3,(H,18,19)(H,20,21)/p-1. The van der Waals surface area contributed by atoms with Gasteiger partial charge in [-0.15, -0.1) is 0 Å². The van der Waals surface area contributed by atoms with Gasteiger partial charge in [0.15, 0.2) is 6.10 Å². The third kappa shape index (κ3) is 12.6. The Morgan fingerprint density at radius 1 is 1.19 bits per heavy atom. The van der Waals surface area contributed by atoms with E-state index in [1.54, 1.807) is 12.2 Å². The van der Waals surface area contributed by atoms with Crippen molar-refractivity contribution < 1.29 is 47.5 Å². The SMILES string of the molecule is CCC=CCC(=O)OCC(COP(=O)(O)OCC(N)C(=O)[O-])OC(C)=O. The molecular formula is C14H23NO10P-. The first kappa shape index (κ1) is 24.2. The number of nitrogens with two attached hydrogens (primary N) is 1. The van der Waals surface area contributed by atoms with Crippen molar-refractivity contribution in [3.8, 4) is 0 Å². The van der Waals surface area contributed by atoms with Gasteiger partial charge in [-0.25, -0.2) is 4.57 Å². The Morgan fingerprint density at radius 2 is 1.81 bits per heavy atom. The lowest BCUT2D eigenvalue weighted by molar-refractivity contribution is -0.308. The summed E-state index contributed by atoms with van der Waals surface area (Å²) in [6.45, 7) is 1.12. The van der Waals surface area contributed by atoms with Crippen LogP contribution in [0.5, 0.6) is 0 Å². The third-order valence-corrected chi connectivity index (χ3v) is 3.54. The minimum atomic E-state index is -4.67.